The van der Waals surface area contributed by atoms with Gasteiger partial charge in [-0.05, 0) is 12.8 Å². The average molecular weight is 245 g/mol. The van der Waals surface area contributed by atoms with E-state index in [-0.39, 0.29) is 12.7 Å². The van der Waals surface area contributed by atoms with Gasteiger partial charge in [0.05, 0.1) is 18.9 Å². The quantitative estimate of drug-likeness (QED) is 0.641. The molecule has 0 aromatic carbocycles. The first-order chi connectivity index (χ1) is 8.15. The van der Waals surface area contributed by atoms with Crippen LogP contribution in [0, 0.1) is 5.82 Å². The standard InChI is InChI=1S/C9H12FN3O4/c10-6-3-13(9(15)11-8(6)12-16)7-2-1-5(4-14)17-7/h3,5,7,14,16H,1-2,4H2,(H,11,12,15). The van der Waals surface area contributed by atoms with Crippen molar-refractivity contribution in [1.82, 2.24) is 9.55 Å². The molecule has 3 N–H and O–H groups in total. The SMILES string of the molecule is O=c1nc(NO)c(F)cn1C1CCC(CO)O1. The summed E-state index contributed by atoms with van der Waals surface area (Å²) in [6.45, 7) is -0.141. The Hall–Kier alpha value is -1.51. The molecule has 1 aliphatic heterocycles. The minimum Gasteiger partial charge on any atom is -0.394 e. The number of aliphatic hydroxyl groups is 1. The monoisotopic (exact) mass is 245 g/mol. The third kappa shape index (κ3) is 2.28. The molecule has 2 unspecified atom stereocenters. The summed E-state index contributed by atoms with van der Waals surface area (Å²) >= 11 is 0. The Balaban J connectivity index is 2.28. The highest BCUT2D eigenvalue weighted by atomic mass is 19.1. The van der Waals surface area contributed by atoms with E-state index in [4.69, 9.17) is 15.1 Å². The van der Waals surface area contributed by atoms with Crippen molar-refractivity contribution in [2.75, 3.05) is 12.1 Å². The zero-order valence-corrected chi connectivity index (χ0v) is 8.84. The minimum absolute atomic E-state index is 0.141. The highest BCUT2D eigenvalue weighted by molar-refractivity contribution is 5.30. The van der Waals surface area contributed by atoms with Gasteiger partial charge in [-0.1, -0.05) is 0 Å². The van der Waals surface area contributed by atoms with Crippen LogP contribution in [-0.2, 0) is 4.74 Å². The fraction of sp³-hybridized carbons (Fsp3) is 0.556. The predicted octanol–water partition coefficient (Wildman–Crippen LogP) is -0.147. The van der Waals surface area contributed by atoms with E-state index in [2.05, 4.69) is 4.98 Å². The lowest BCUT2D eigenvalue weighted by molar-refractivity contribution is -0.0249. The van der Waals surface area contributed by atoms with Gasteiger partial charge in [-0.2, -0.15) is 4.98 Å². The molecule has 7 nitrogen and oxygen atoms in total. The molecule has 2 rings (SSSR count). The van der Waals surface area contributed by atoms with E-state index in [1.165, 1.54) is 5.48 Å². The number of anilines is 1. The summed E-state index contributed by atoms with van der Waals surface area (Å²) in [5.41, 5.74) is 0.764. The summed E-state index contributed by atoms with van der Waals surface area (Å²) in [4.78, 5) is 14.8. The summed E-state index contributed by atoms with van der Waals surface area (Å²) in [6, 6.07) is 0. The first-order valence-corrected chi connectivity index (χ1v) is 5.10. The molecule has 0 amide bonds. The fourth-order valence-electron chi connectivity index (χ4n) is 1.76. The van der Waals surface area contributed by atoms with E-state index in [1.807, 2.05) is 0 Å². The van der Waals surface area contributed by atoms with Gasteiger partial charge in [0.1, 0.15) is 6.23 Å². The van der Waals surface area contributed by atoms with Gasteiger partial charge in [0.2, 0.25) is 0 Å². The van der Waals surface area contributed by atoms with Crippen LogP contribution in [0.25, 0.3) is 0 Å². The second-order valence-corrected chi connectivity index (χ2v) is 3.71. The second-order valence-electron chi connectivity index (χ2n) is 3.71. The molecular formula is C9H12FN3O4. The molecule has 1 fully saturated rings. The molecule has 8 heteroatoms. The lowest BCUT2D eigenvalue weighted by atomic mass is 10.2. The first kappa shape index (κ1) is 12.0. The average Bonchev–Trinajstić information content (AvgIpc) is 2.80. The fourth-order valence-corrected chi connectivity index (χ4v) is 1.76. The number of aliphatic hydroxyl groups excluding tert-OH is 1. The lowest BCUT2D eigenvalue weighted by Crippen LogP contribution is -2.28. The Morgan fingerprint density at radius 1 is 1.65 bits per heavy atom. The van der Waals surface area contributed by atoms with Crippen LogP contribution in [0.4, 0.5) is 10.2 Å². The molecule has 0 bridgehead atoms. The van der Waals surface area contributed by atoms with E-state index in [1.54, 1.807) is 0 Å². The Kier molecular flexibility index (Phi) is 3.36. The van der Waals surface area contributed by atoms with Crippen LogP contribution < -0.4 is 11.2 Å². The summed E-state index contributed by atoms with van der Waals surface area (Å²) in [5, 5.41) is 17.4. The number of halogens is 1. The van der Waals surface area contributed by atoms with Crippen LogP contribution in [0.3, 0.4) is 0 Å². The normalized spacial score (nSPS) is 23.9. The summed E-state index contributed by atoms with van der Waals surface area (Å²) in [5.74, 6) is -1.38. The zero-order chi connectivity index (χ0) is 12.4. The number of aromatic nitrogens is 2. The Bertz CT molecular complexity index is 464. The molecule has 2 heterocycles. The number of ether oxygens (including phenoxy) is 1. The maximum Gasteiger partial charge on any atom is 0.351 e. The van der Waals surface area contributed by atoms with Crippen molar-refractivity contribution in [1.29, 1.82) is 0 Å². The van der Waals surface area contributed by atoms with Gasteiger partial charge >= 0.3 is 5.69 Å². The highest BCUT2D eigenvalue weighted by Crippen LogP contribution is 2.27. The molecule has 0 spiro atoms. The smallest absolute Gasteiger partial charge is 0.351 e. The molecule has 1 aliphatic rings. The number of hydrogen-bond donors (Lipinski definition) is 3. The van der Waals surface area contributed by atoms with Crippen LogP contribution in [-0.4, -0.2) is 32.6 Å². The summed E-state index contributed by atoms with van der Waals surface area (Å²) < 4.78 is 19.6. The topological polar surface area (TPSA) is 96.6 Å². The predicted molar refractivity (Wildman–Crippen MR) is 54.1 cm³/mol. The van der Waals surface area contributed by atoms with E-state index in [9.17, 15) is 9.18 Å². The van der Waals surface area contributed by atoms with E-state index in [0.29, 0.717) is 12.8 Å². The Morgan fingerprint density at radius 3 is 3.00 bits per heavy atom. The third-order valence-electron chi connectivity index (χ3n) is 2.61. The second kappa shape index (κ2) is 4.78. The summed E-state index contributed by atoms with van der Waals surface area (Å²) in [7, 11) is 0. The van der Waals surface area contributed by atoms with Crippen molar-refractivity contribution in [3.63, 3.8) is 0 Å². The molecule has 1 aromatic rings. The van der Waals surface area contributed by atoms with E-state index in [0.717, 1.165) is 10.8 Å². The molecule has 17 heavy (non-hydrogen) atoms. The maximum atomic E-state index is 13.3. The van der Waals surface area contributed by atoms with Gasteiger partial charge in [-0.3, -0.25) is 9.77 Å². The van der Waals surface area contributed by atoms with Gasteiger partial charge < -0.3 is 9.84 Å². The summed E-state index contributed by atoms with van der Waals surface area (Å²) in [6.07, 6.45) is 1.03. The Morgan fingerprint density at radius 2 is 2.41 bits per heavy atom. The number of nitrogens with zero attached hydrogens (tertiary/aromatic N) is 2. The molecule has 1 aromatic heterocycles. The molecule has 0 radical (unpaired) electrons. The van der Waals surface area contributed by atoms with Crippen LogP contribution >= 0.6 is 0 Å². The van der Waals surface area contributed by atoms with Gasteiger partial charge in [0, 0.05) is 0 Å². The van der Waals surface area contributed by atoms with Crippen LogP contribution in [0.2, 0.25) is 0 Å². The molecule has 0 saturated carbocycles. The van der Waals surface area contributed by atoms with Gasteiger partial charge in [0.25, 0.3) is 0 Å². The van der Waals surface area contributed by atoms with E-state index >= 15 is 0 Å². The van der Waals surface area contributed by atoms with Crippen molar-refractivity contribution < 1.29 is 19.4 Å². The molecule has 1 saturated heterocycles. The van der Waals surface area contributed by atoms with Crippen molar-refractivity contribution in [2.24, 2.45) is 0 Å². The van der Waals surface area contributed by atoms with Crippen molar-refractivity contribution >= 4 is 5.82 Å². The molecule has 2 atom stereocenters. The van der Waals surface area contributed by atoms with Gasteiger partial charge in [0.15, 0.2) is 11.6 Å². The van der Waals surface area contributed by atoms with Crippen molar-refractivity contribution in [3.8, 4) is 0 Å². The van der Waals surface area contributed by atoms with Gasteiger partial charge in [-0.15, -0.1) is 0 Å². The van der Waals surface area contributed by atoms with Crippen molar-refractivity contribution in [2.45, 2.75) is 25.2 Å². The number of rotatable bonds is 3. The van der Waals surface area contributed by atoms with E-state index < -0.39 is 23.6 Å². The molecule has 0 aliphatic carbocycles. The number of nitrogens with one attached hydrogen (secondary N) is 1. The highest BCUT2D eigenvalue weighted by Gasteiger charge is 2.27. The minimum atomic E-state index is -0.858. The van der Waals surface area contributed by atoms with Crippen LogP contribution in [0.1, 0.15) is 19.1 Å². The zero-order valence-electron chi connectivity index (χ0n) is 8.84. The lowest BCUT2D eigenvalue weighted by Gasteiger charge is -2.15. The first-order valence-electron chi connectivity index (χ1n) is 5.10. The third-order valence-corrected chi connectivity index (χ3v) is 2.61. The molecular weight excluding hydrogens is 233 g/mol. The van der Waals surface area contributed by atoms with Crippen molar-refractivity contribution in [3.05, 3.63) is 22.5 Å². The van der Waals surface area contributed by atoms with Crippen LogP contribution in [0.5, 0.6) is 0 Å². The van der Waals surface area contributed by atoms with Crippen LogP contribution in [0.15, 0.2) is 11.0 Å². The Labute approximate surface area is 95.4 Å². The maximum absolute atomic E-state index is 13.3. The van der Waals surface area contributed by atoms with Gasteiger partial charge in [-0.25, -0.2) is 14.7 Å². The molecule has 94 valence electrons. The largest absolute Gasteiger partial charge is 0.394 e. The number of hydrogen-bond acceptors (Lipinski definition) is 6.